The first-order chi connectivity index (χ1) is 9.24. The van der Waals surface area contributed by atoms with Crippen molar-refractivity contribution >= 4 is 11.7 Å². The fourth-order valence-electron chi connectivity index (χ4n) is 2.48. The number of carbonyl (C=O) groups is 1. The van der Waals surface area contributed by atoms with E-state index >= 15 is 0 Å². The summed E-state index contributed by atoms with van der Waals surface area (Å²) in [5, 5.41) is 0. The standard InChI is InChI=1S/C13H18N4O2/c1-10-6-12(15-9-14-10)17-7-11(8-17)13(18)16-2-4-19-5-3-16/h6,9,11H,2-5,7-8H2,1H3. The van der Waals surface area contributed by atoms with Gasteiger partial charge >= 0.3 is 0 Å². The van der Waals surface area contributed by atoms with E-state index in [-0.39, 0.29) is 11.8 Å². The summed E-state index contributed by atoms with van der Waals surface area (Å²) in [6, 6.07) is 1.95. The maximum absolute atomic E-state index is 12.2. The second-order valence-electron chi connectivity index (χ2n) is 5.06. The van der Waals surface area contributed by atoms with Gasteiger partial charge in [-0.05, 0) is 6.92 Å². The van der Waals surface area contributed by atoms with E-state index in [9.17, 15) is 4.79 Å². The highest BCUT2D eigenvalue weighted by molar-refractivity contribution is 5.82. The Hall–Kier alpha value is -1.69. The first kappa shape index (κ1) is 12.3. The van der Waals surface area contributed by atoms with Crippen LogP contribution in [0.3, 0.4) is 0 Å². The van der Waals surface area contributed by atoms with Crippen LogP contribution >= 0.6 is 0 Å². The van der Waals surface area contributed by atoms with Crippen molar-refractivity contribution < 1.29 is 9.53 Å². The lowest BCUT2D eigenvalue weighted by Crippen LogP contribution is -2.56. The van der Waals surface area contributed by atoms with Crippen LogP contribution in [-0.2, 0) is 9.53 Å². The largest absolute Gasteiger partial charge is 0.378 e. The number of hydrogen-bond acceptors (Lipinski definition) is 5. The van der Waals surface area contributed by atoms with Crippen molar-refractivity contribution in [1.29, 1.82) is 0 Å². The summed E-state index contributed by atoms with van der Waals surface area (Å²) >= 11 is 0. The molecule has 19 heavy (non-hydrogen) atoms. The monoisotopic (exact) mass is 262 g/mol. The maximum Gasteiger partial charge on any atom is 0.229 e. The molecule has 1 amide bonds. The highest BCUT2D eigenvalue weighted by Gasteiger charge is 2.36. The van der Waals surface area contributed by atoms with Gasteiger partial charge in [-0.1, -0.05) is 0 Å². The second-order valence-corrected chi connectivity index (χ2v) is 5.06. The number of anilines is 1. The fourth-order valence-corrected chi connectivity index (χ4v) is 2.48. The number of rotatable bonds is 2. The minimum Gasteiger partial charge on any atom is -0.378 e. The van der Waals surface area contributed by atoms with Crippen molar-refractivity contribution in [3.05, 3.63) is 18.1 Å². The predicted octanol–water partition coefficient (Wildman–Crippen LogP) is 0.0800. The first-order valence-electron chi connectivity index (χ1n) is 6.64. The molecule has 3 heterocycles. The molecule has 2 aliphatic heterocycles. The molecule has 6 heteroatoms. The topological polar surface area (TPSA) is 58.6 Å². The lowest BCUT2D eigenvalue weighted by Gasteiger charge is -2.42. The van der Waals surface area contributed by atoms with Gasteiger partial charge in [-0.25, -0.2) is 9.97 Å². The van der Waals surface area contributed by atoms with Crippen molar-refractivity contribution in [2.24, 2.45) is 5.92 Å². The Morgan fingerprint density at radius 2 is 2.05 bits per heavy atom. The lowest BCUT2D eigenvalue weighted by molar-refractivity contribution is -0.140. The summed E-state index contributed by atoms with van der Waals surface area (Å²) in [6.45, 7) is 6.23. The minimum atomic E-state index is 0.105. The number of nitrogens with zero attached hydrogens (tertiary/aromatic N) is 4. The number of aromatic nitrogens is 2. The molecule has 2 aliphatic rings. The molecule has 0 bridgehead atoms. The third-order valence-electron chi connectivity index (χ3n) is 3.67. The molecule has 0 saturated carbocycles. The molecule has 2 fully saturated rings. The lowest BCUT2D eigenvalue weighted by atomic mass is 9.98. The molecule has 3 rings (SSSR count). The zero-order chi connectivity index (χ0) is 13.2. The predicted molar refractivity (Wildman–Crippen MR) is 69.9 cm³/mol. The molecule has 1 aromatic rings. The zero-order valence-corrected chi connectivity index (χ0v) is 11.1. The Morgan fingerprint density at radius 1 is 1.32 bits per heavy atom. The summed E-state index contributed by atoms with van der Waals surface area (Å²) in [4.78, 5) is 24.6. The summed E-state index contributed by atoms with van der Waals surface area (Å²) in [6.07, 6.45) is 1.57. The van der Waals surface area contributed by atoms with Crippen molar-refractivity contribution in [2.45, 2.75) is 6.92 Å². The fraction of sp³-hybridized carbons (Fsp3) is 0.615. The summed E-state index contributed by atoms with van der Waals surface area (Å²) in [5.74, 6) is 1.28. The van der Waals surface area contributed by atoms with Crippen LogP contribution in [0.25, 0.3) is 0 Å². The molecule has 1 aromatic heterocycles. The Labute approximate surface area is 112 Å². The van der Waals surface area contributed by atoms with Crippen LogP contribution in [0, 0.1) is 12.8 Å². The number of carbonyl (C=O) groups excluding carboxylic acids is 1. The van der Waals surface area contributed by atoms with E-state index < -0.39 is 0 Å². The molecule has 0 aromatic carbocycles. The van der Waals surface area contributed by atoms with Crippen LogP contribution < -0.4 is 4.90 Å². The van der Waals surface area contributed by atoms with Crippen LogP contribution in [0.15, 0.2) is 12.4 Å². The first-order valence-corrected chi connectivity index (χ1v) is 6.64. The van der Waals surface area contributed by atoms with Crippen LogP contribution in [0.5, 0.6) is 0 Å². The minimum absolute atomic E-state index is 0.105. The van der Waals surface area contributed by atoms with Gasteiger partial charge < -0.3 is 14.5 Å². The van der Waals surface area contributed by atoms with E-state index in [2.05, 4.69) is 14.9 Å². The van der Waals surface area contributed by atoms with E-state index in [0.717, 1.165) is 37.7 Å². The molecule has 0 atom stereocenters. The average Bonchev–Trinajstić information content (AvgIpc) is 2.38. The normalized spacial score (nSPS) is 20.3. The molecule has 102 valence electrons. The van der Waals surface area contributed by atoms with Crippen molar-refractivity contribution in [1.82, 2.24) is 14.9 Å². The third kappa shape index (κ3) is 2.53. The molecular formula is C13H18N4O2. The molecule has 0 spiro atoms. The van der Waals surface area contributed by atoms with E-state index in [0.29, 0.717) is 13.2 Å². The van der Waals surface area contributed by atoms with Crippen LogP contribution in [0.1, 0.15) is 5.69 Å². The summed E-state index contributed by atoms with van der Waals surface area (Å²) < 4.78 is 5.26. The quantitative estimate of drug-likeness (QED) is 0.755. The van der Waals surface area contributed by atoms with Gasteiger partial charge in [0, 0.05) is 37.9 Å². The van der Waals surface area contributed by atoms with Gasteiger partial charge in [0.1, 0.15) is 12.1 Å². The maximum atomic E-state index is 12.2. The van der Waals surface area contributed by atoms with E-state index in [4.69, 9.17) is 4.74 Å². The average molecular weight is 262 g/mol. The molecule has 0 aliphatic carbocycles. The molecular weight excluding hydrogens is 244 g/mol. The van der Waals surface area contributed by atoms with Crippen molar-refractivity contribution in [3.63, 3.8) is 0 Å². The Morgan fingerprint density at radius 3 is 2.74 bits per heavy atom. The van der Waals surface area contributed by atoms with Crippen LogP contribution in [0.2, 0.25) is 0 Å². The number of aryl methyl sites for hydroxylation is 1. The zero-order valence-electron chi connectivity index (χ0n) is 11.1. The Bertz CT molecular complexity index is 467. The van der Waals surface area contributed by atoms with Gasteiger partial charge in [0.15, 0.2) is 0 Å². The molecule has 2 saturated heterocycles. The molecule has 6 nitrogen and oxygen atoms in total. The van der Waals surface area contributed by atoms with E-state index in [1.807, 2.05) is 17.9 Å². The second kappa shape index (κ2) is 5.13. The van der Waals surface area contributed by atoms with Gasteiger partial charge in [0.25, 0.3) is 0 Å². The molecule has 0 N–H and O–H groups in total. The Kier molecular flexibility index (Phi) is 3.33. The van der Waals surface area contributed by atoms with Crippen LogP contribution in [-0.4, -0.2) is 60.2 Å². The van der Waals surface area contributed by atoms with Gasteiger partial charge in [-0.3, -0.25) is 4.79 Å². The van der Waals surface area contributed by atoms with Crippen LogP contribution in [0.4, 0.5) is 5.82 Å². The number of morpholine rings is 1. The van der Waals surface area contributed by atoms with Gasteiger partial charge in [-0.2, -0.15) is 0 Å². The van der Waals surface area contributed by atoms with Gasteiger partial charge in [0.2, 0.25) is 5.91 Å². The Balaban J connectivity index is 1.56. The number of amides is 1. The highest BCUT2D eigenvalue weighted by atomic mass is 16.5. The smallest absolute Gasteiger partial charge is 0.229 e. The molecule has 0 unspecified atom stereocenters. The van der Waals surface area contributed by atoms with E-state index in [1.165, 1.54) is 0 Å². The highest BCUT2D eigenvalue weighted by Crippen LogP contribution is 2.24. The molecule has 0 radical (unpaired) electrons. The van der Waals surface area contributed by atoms with Crippen molar-refractivity contribution in [2.75, 3.05) is 44.3 Å². The number of hydrogen-bond donors (Lipinski definition) is 0. The van der Waals surface area contributed by atoms with Gasteiger partial charge in [-0.15, -0.1) is 0 Å². The number of ether oxygens (including phenoxy) is 1. The summed E-state index contributed by atoms with van der Waals surface area (Å²) in [7, 11) is 0. The van der Waals surface area contributed by atoms with E-state index in [1.54, 1.807) is 6.33 Å². The van der Waals surface area contributed by atoms with Crippen molar-refractivity contribution in [3.8, 4) is 0 Å². The SMILES string of the molecule is Cc1cc(N2CC(C(=O)N3CCOCC3)C2)ncn1. The summed E-state index contributed by atoms with van der Waals surface area (Å²) in [5.41, 5.74) is 0.952. The third-order valence-corrected chi connectivity index (χ3v) is 3.67. The van der Waals surface area contributed by atoms with Gasteiger partial charge in [0.05, 0.1) is 19.1 Å².